The normalized spacial score (nSPS) is 12.3. The molecule has 21 heavy (non-hydrogen) atoms. The molecule has 118 valence electrons. The number of carboxylic acids is 1. The molecule has 0 atom stereocenters. The second-order valence-electron chi connectivity index (χ2n) is 4.01. The van der Waals surface area contributed by atoms with Crippen molar-refractivity contribution in [3.05, 3.63) is 28.2 Å². The predicted octanol–water partition coefficient (Wildman–Crippen LogP) is -0.0252. The zero-order valence-electron chi connectivity index (χ0n) is 10.8. The Morgan fingerprint density at radius 3 is 2.24 bits per heavy atom. The second-order valence-corrected chi connectivity index (χ2v) is 8.44. The first-order valence-corrected chi connectivity index (χ1v) is 9.67. The standard InChI is InChI=1S/C10H13BrN2O6S2/c1-20(16,17)12-4-5-13-21(18,19)9-3-2-7(10(14)15)6-8(9)11/h2-3,6,12-13H,4-5H2,1H3,(H,14,15). The fourth-order valence-corrected chi connectivity index (χ4v) is 3.93. The Bertz CT molecular complexity index is 745. The molecule has 1 aromatic carbocycles. The number of hydrogen-bond acceptors (Lipinski definition) is 5. The molecule has 0 aliphatic rings. The number of carboxylic acid groups (broad SMARTS) is 1. The van der Waals surface area contributed by atoms with E-state index in [0.29, 0.717) is 0 Å². The van der Waals surface area contributed by atoms with Gasteiger partial charge in [0.05, 0.1) is 16.7 Å². The van der Waals surface area contributed by atoms with Gasteiger partial charge >= 0.3 is 5.97 Å². The highest BCUT2D eigenvalue weighted by Crippen LogP contribution is 2.23. The van der Waals surface area contributed by atoms with E-state index in [-0.39, 0.29) is 28.0 Å². The van der Waals surface area contributed by atoms with E-state index in [0.717, 1.165) is 18.4 Å². The lowest BCUT2D eigenvalue weighted by molar-refractivity contribution is 0.0696. The van der Waals surface area contributed by atoms with E-state index in [2.05, 4.69) is 25.4 Å². The van der Waals surface area contributed by atoms with Crippen molar-refractivity contribution in [2.24, 2.45) is 0 Å². The molecule has 0 radical (unpaired) electrons. The smallest absolute Gasteiger partial charge is 0.335 e. The molecule has 0 aliphatic carbocycles. The molecule has 0 aliphatic heterocycles. The van der Waals surface area contributed by atoms with Gasteiger partial charge in [0.15, 0.2) is 0 Å². The van der Waals surface area contributed by atoms with Gasteiger partial charge in [0, 0.05) is 17.6 Å². The molecule has 0 amide bonds. The maximum Gasteiger partial charge on any atom is 0.335 e. The van der Waals surface area contributed by atoms with Crippen LogP contribution in [0.25, 0.3) is 0 Å². The van der Waals surface area contributed by atoms with Crippen molar-refractivity contribution < 1.29 is 26.7 Å². The van der Waals surface area contributed by atoms with Crippen molar-refractivity contribution in [3.63, 3.8) is 0 Å². The van der Waals surface area contributed by atoms with Crippen LogP contribution in [0, 0.1) is 0 Å². The average Bonchev–Trinajstić information content (AvgIpc) is 2.33. The summed E-state index contributed by atoms with van der Waals surface area (Å²) in [5, 5.41) is 8.80. The highest BCUT2D eigenvalue weighted by atomic mass is 79.9. The molecule has 8 nitrogen and oxygen atoms in total. The van der Waals surface area contributed by atoms with E-state index < -0.39 is 26.0 Å². The topological polar surface area (TPSA) is 130 Å². The summed E-state index contributed by atoms with van der Waals surface area (Å²) in [7, 11) is -7.26. The van der Waals surface area contributed by atoms with Gasteiger partial charge in [-0.1, -0.05) is 0 Å². The molecule has 0 unspecified atom stereocenters. The van der Waals surface area contributed by atoms with Crippen LogP contribution in [-0.2, 0) is 20.0 Å². The van der Waals surface area contributed by atoms with Gasteiger partial charge in [-0.05, 0) is 34.1 Å². The van der Waals surface area contributed by atoms with E-state index >= 15 is 0 Å². The Labute approximate surface area is 130 Å². The lowest BCUT2D eigenvalue weighted by atomic mass is 10.2. The van der Waals surface area contributed by atoms with Gasteiger partial charge in [-0.3, -0.25) is 0 Å². The average molecular weight is 401 g/mol. The number of hydrogen-bond donors (Lipinski definition) is 3. The minimum atomic E-state index is -3.88. The summed E-state index contributed by atoms with van der Waals surface area (Å²) in [6.45, 7) is -0.231. The molecule has 0 aromatic heterocycles. The van der Waals surface area contributed by atoms with Gasteiger partial charge in [0.25, 0.3) is 0 Å². The molecule has 0 saturated heterocycles. The summed E-state index contributed by atoms with van der Waals surface area (Å²) < 4.78 is 50.1. The van der Waals surface area contributed by atoms with Crippen LogP contribution in [0.3, 0.4) is 0 Å². The predicted molar refractivity (Wildman–Crippen MR) is 79.1 cm³/mol. The van der Waals surface area contributed by atoms with Crippen molar-refractivity contribution in [3.8, 4) is 0 Å². The molecule has 0 spiro atoms. The van der Waals surface area contributed by atoms with Crippen LogP contribution in [0.1, 0.15) is 10.4 Å². The number of nitrogens with one attached hydrogen (secondary N) is 2. The van der Waals surface area contributed by atoms with Gasteiger partial charge in [-0.2, -0.15) is 0 Å². The lowest BCUT2D eigenvalue weighted by Crippen LogP contribution is -2.34. The van der Waals surface area contributed by atoms with E-state index in [1.807, 2.05) is 0 Å². The van der Waals surface area contributed by atoms with Crippen molar-refractivity contribution >= 4 is 41.9 Å². The molecule has 11 heteroatoms. The number of halogens is 1. The first-order valence-electron chi connectivity index (χ1n) is 5.50. The summed E-state index contributed by atoms with van der Waals surface area (Å²) in [5.74, 6) is -1.18. The Balaban J connectivity index is 2.81. The number of rotatable bonds is 7. The Morgan fingerprint density at radius 1 is 1.19 bits per heavy atom. The van der Waals surface area contributed by atoms with Crippen molar-refractivity contribution in [1.29, 1.82) is 0 Å². The van der Waals surface area contributed by atoms with Crippen LogP contribution >= 0.6 is 15.9 Å². The Hall–Kier alpha value is -1.01. The van der Waals surface area contributed by atoms with Crippen LogP contribution in [0.15, 0.2) is 27.6 Å². The molecule has 0 saturated carbocycles. The fraction of sp³-hybridized carbons (Fsp3) is 0.300. The van der Waals surface area contributed by atoms with E-state index in [1.165, 1.54) is 6.07 Å². The van der Waals surface area contributed by atoms with Crippen LogP contribution in [0.5, 0.6) is 0 Å². The quantitative estimate of drug-likeness (QED) is 0.551. The maximum absolute atomic E-state index is 12.0. The molecular weight excluding hydrogens is 388 g/mol. The number of aromatic carboxylic acids is 1. The van der Waals surface area contributed by atoms with Crippen LogP contribution in [0.4, 0.5) is 0 Å². The third kappa shape index (κ3) is 5.71. The fourth-order valence-electron chi connectivity index (χ4n) is 1.35. The first-order chi connectivity index (χ1) is 9.53. The summed E-state index contributed by atoms with van der Waals surface area (Å²) >= 11 is 3.00. The number of carbonyl (C=O) groups is 1. The van der Waals surface area contributed by atoms with Crippen molar-refractivity contribution in [2.75, 3.05) is 19.3 Å². The van der Waals surface area contributed by atoms with Crippen LogP contribution in [0.2, 0.25) is 0 Å². The lowest BCUT2D eigenvalue weighted by Gasteiger charge is -2.09. The van der Waals surface area contributed by atoms with Crippen molar-refractivity contribution in [1.82, 2.24) is 9.44 Å². The largest absolute Gasteiger partial charge is 0.478 e. The zero-order chi connectivity index (χ0) is 16.3. The van der Waals surface area contributed by atoms with E-state index in [4.69, 9.17) is 5.11 Å². The van der Waals surface area contributed by atoms with Gasteiger partial charge in [-0.25, -0.2) is 31.1 Å². The molecule has 0 fully saturated rings. The van der Waals surface area contributed by atoms with E-state index in [1.54, 1.807) is 0 Å². The Morgan fingerprint density at radius 2 is 1.76 bits per heavy atom. The summed E-state index contributed by atoms with van der Waals surface area (Å²) in [6, 6.07) is 3.49. The number of sulfonamides is 2. The van der Waals surface area contributed by atoms with Gasteiger partial charge in [0.2, 0.25) is 20.0 Å². The van der Waals surface area contributed by atoms with Gasteiger partial charge in [0.1, 0.15) is 0 Å². The minimum absolute atomic E-state index is 0.0560. The van der Waals surface area contributed by atoms with Crippen molar-refractivity contribution in [2.45, 2.75) is 4.90 Å². The Kier molecular flexibility index (Phi) is 5.87. The third-order valence-electron chi connectivity index (χ3n) is 2.25. The summed E-state index contributed by atoms with van der Waals surface area (Å²) in [4.78, 5) is 10.6. The molecule has 0 bridgehead atoms. The SMILES string of the molecule is CS(=O)(=O)NCCNS(=O)(=O)c1ccc(C(=O)O)cc1Br. The molecular formula is C10H13BrN2O6S2. The maximum atomic E-state index is 12.0. The van der Waals surface area contributed by atoms with Crippen LogP contribution < -0.4 is 9.44 Å². The summed E-state index contributed by atoms with van der Waals surface area (Å²) in [5.41, 5.74) is -0.0560. The molecule has 1 rings (SSSR count). The monoisotopic (exact) mass is 400 g/mol. The highest BCUT2D eigenvalue weighted by molar-refractivity contribution is 9.10. The molecule has 3 N–H and O–H groups in total. The first kappa shape index (κ1) is 18.0. The molecule has 1 aromatic rings. The van der Waals surface area contributed by atoms with E-state index in [9.17, 15) is 21.6 Å². The van der Waals surface area contributed by atoms with Gasteiger partial charge < -0.3 is 5.11 Å². The molecule has 0 heterocycles. The van der Waals surface area contributed by atoms with Crippen LogP contribution in [-0.4, -0.2) is 47.3 Å². The minimum Gasteiger partial charge on any atom is -0.478 e. The zero-order valence-corrected chi connectivity index (χ0v) is 14.0. The van der Waals surface area contributed by atoms with Gasteiger partial charge in [-0.15, -0.1) is 0 Å². The summed E-state index contributed by atoms with van der Waals surface area (Å²) in [6.07, 6.45) is 0.961. The highest BCUT2D eigenvalue weighted by Gasteiger charge is 2.18. The second kappa shape index (κ2) is 6.83. The number of benzene rings is 1. The third-order valence-corrected chi connectivity index (χ3v) is 5.42.